The van der Waals surface area contributed by atoms with E-state index in [9.17, 15) is 18.0 Å². The fourth-order valence-corrected chi connectivity index (χ4v) is 3.14. The van der Waals surface area contributed by atoms with E-state index in [-0.39, 0.29) is 18.0 Å². The number of benzene rings is 1. The van der Waals surface area contributed by atoms with Gasteiger partial charge in [-0.15, -0.1) is 11.3 Å². The van der Waals surface area contributed by atoms with E-state index in [0.29, 0.717) is 4.88 Å². The minimum Gasteiger partial charge on any atom is -0.340 e. The molecule has 2 nitrogen and oxygen atoms in total. The normalized spacial score (nSPS) is 10.9. The van der Waals surface area contributed by atoms with Crippen LogP contribution < -0.4 is 5.32 Å². The van der Waals surface area contributed by atoms with E-state index in [1.807, 2.05) is 19.9 Å². The second kappa shape index (κ2) is 7.54. The minimum atomic E-state index is -4.39. The van der Waals surface area contributed by atoms with Crippen molar-refractivity contribution in [3.63, 3.8) is 0 Å². The Morgan fingerprint density at radius 2 is 2.04 bits per heavy atom. The number of hydrogen-bond donors (Lipinski definition) is 1. The highest BCUT2D eigenvalue weighted by Crippen LogP contribution is 2.29. The summed E-state index contributed by atoms with van der Waals surface area (Å²) in [6.07, 6.45) is -3.51. The third-order valence-corrected chi connectivity index (χ3v) is 4.71. The maximum Gasteiger partial charge on any atom is 0.416 e. The molecule has 2 aromatic rings. The van der Waals surface area contributed by atoms with Gasteiger partial charge in [0, 0.05) is 10.4 Å². The van der Waals surface area contributed by atoms with Gasteiger partial charge in [0.1, 0.15) is 0 Å². The fourth-order valence-electron chi connectivity index (χ4n) is 2.11. The van der Waals surface area contributed by atoms with Gasteiger partial charge in [-0.25, -0.2) is 0 Å². The number of halogens is 3. The van der Waals surface area contributed by atoms with E-state index >= 15 is 0 Å². The van der Waals surface area contributed by atoms with Crippen LogP contribution in [0.1, 0.15) is 38.2 Å². The van der Waals surface area contributed by atoms with Gasteiger partial charge in [0.25, 0.3) is 5.91 Å². The molecule has 0 saturated carbocycles. The van der Waals surface area contributed by atoms with Crippen LogP contribution in [0.15, 0.2) is 30.3 Å². The van der Waals surface area contributed by atoms with Crippen molar-refractivity contribution in [1.82, 2.24) is 5.32 Å². The molecular weight excluding hydrogens is 335 g/mol. The van der Waals surface area contributed by atoms with Gasteiger partial charge in [0.2, 0.25) is 0 Å². The zero-order valence-electron chi connectivity index (χ0n) is 13.3. The van der Waals surface area contributed by atoms with Gasteiger partial charge in [-0.05, 0) is 43.2 Å². The Labute approximate surface area is 142 Å². The van der Waals surface area contributed by atoms with Gasteiger partial charge in [-0.2, -0.15) is 13.2 Å². The van der Waals surface area contributed by atoms with Crippen LogP contribution in [0.3, 0.4) is 0 Å². The first-order valence-corrected chi connectivity index (χ1v) is 8.16. The number of hydrogen-bond acceptors (Lipinski definition) is 2. The van der Waals surface area contributed by atoms with Crippen LogP contribution in [0.25, 0.3) is 0 Å². The highest BCUT2D eigenvalue weighted by atomic mass is 32.1. The molecule has 1 aromatic heterocycles. The van der Waals surface area contributed by atoms with Crippen LogP contribution >= 0.6 is 11.3 Å². The van der Waals surface area contributed by atoms with Crippen molar-refractivity contribution in [2.45, 2.75) is 26.4 Å². The van der Waals surface area contributed by atoms with Gasteiger partial charge >= 0.3 is 6.18 Å². The maximum absolute atomic E-state index is 12.6. The molecule has 0 aliphatic rings. The summed E-state index contributed by atoms with van der Waals surface area (Å²) in [4.78, 5) is 13.8. The number of rotatable bonds is 3. The van der Waals surface area contributed by atoms with E-state index in [2.05, 4.69) is 17.2 Å². The van der Waals surface area contributed by atoms with Crippen molar-refractivity contribution in [1.29, 1.82) is 0 Å². The first-order chi connectivity index (χ1) is 11.3. The molecule has 1 N–H and O–H groups in total. The lowest BCUT2D eigenvalue weighted by molar-refractivity contribution is -0.137. The van der Waals surface area contributed by atoms with E-state index in [1.54, 1.807) is 0 Å². The molecule has 0 aliphatic heterocycles. The van der Waals surface area contributed by atoms with Crippen molar-refractivity contribution in [2.75, 3.05) is 6.54 Å². The van der Waals surface area contributed by atoms with E-state index in [1.165, 1.54) is 23.5 Å². The summed E-state index contributed by atoms with van der Waals surface area (Å²) in [5, 5.41) is 2.65. The standard InChI is InChI=1S/C18H16F3NOS/c1-3-15-12(2)10-16(24-15)17(23)22-9-5-7-13-6-4-8-14(11-13)18(19,20)21/h4,6,8,10-11H,3,9H2,1-2H3,(H,22,23). The number of carbonyl (C=O) groups excluding carboxylic acids is 1. The second-order valence-corrected chi connectivity index (χ2v) is 6.27. The van der Waals surface area contributed by atoms with Crippen LogP contribution in [-0.4, -0.2) is 12.5 Å². The summed E-state index contributed by atoms with van der Waals surface area (Å²) in [6.45, 7) is 4.06. The molecule has 0 radical (unpaired) electrons. The maximum atomic E-state index is 12.6. The Morgan fingerprint density at radius 3 is 2.67 bits per heavy atom. The molecule has 0 unspecified atom stereocenters. The first-order valence-electron chi connectivity index (χ1n) is 7.35. The first kappa shape index (κ1) is 18.1. The Bertz CT molecular complexity index is 797. The van der Waals surface area contributed by atoms with Crippen molar-refractivity contribution < 1.29 is 18.0 Å². The van der Waals surface area contributed by atoms with E-state index < -0.39 is 11.7 Å². The van der Waals surface area contributed by atoms with Crippen molar-refractivity contribution in [3.05, 3.63) is 56.8 Å². The second-order valence-electron chi connectivity index (χ2n) is 5.13. The summed E-state index contributed by atoms with van der Waals surface area (Å²) < 4.78 is 37.8. The van der Waals surface area contributed by atoms with Crippen LogP contribution in [0, 0.1) is 18.8 Å². The number of aryl methyl sites for hydroxylation is 2. The molecule has 0 aliphatic carbocycles. The van der Waals surface area contributed by atoms with Crippen LogP contribution in [0.4, 0.5) is 13.2 Å². The third-order valence-electron chi connectivity index (χ3n) is 3.33. The number of carbonyl (C=O) groups is 1. The lowest BCUT2D eigenvalue weighted by Gasteiger charge is -2.05. The summed E-state index contributed by atoms with van der Waals surface area (Å²) in [7, 11) is 0. The Balaban J connectivity index is 1.97. The summed E-state index contributed by atoms with van der Waals surface area (Å²) in [6, 6.07) is 6.63. The Kier molecular flexibility index (Phi) is 5.68. The zero-order chi connectivity index (χ0) is 17.7. The fraction of sp³-hybridized carbons (Fsp3) is 0.278. The molecule has 6 heteroatoms. The van der Waals surface area contributed by atoms with E-state index in [0.717, 1.165) is 29.0 Å². The largest absolute Gasteiger partial charge is 0.416 e. The average molecular weight is 351 g/mol. The van der Waals surface area contributed by atoms with Gasteiger partial charge in [0.15, 0.2) is 0 Å². The lowest BCUT2D eigenvalue weighted by Crippen LogP contribution is -2.22. The van der Waals surface area contributed by atoms with Crippen molar-refractivity contribution >= 4 is 17.2 Å². The van der Waals surface area contributed by atoms with Gasteiger partial charge in [-0.1, -0.05) is 24.8 Å². The summed E-state index contributed by atoms with van der Waals surface area (Å²) in [5.74, 6) is 5.08. The molecular formula is C18H16F3NOS. The van der Waals surface area contributed by atoms with Gasteiger partial charge in [-0.3, -0.25) is 4.79 Å². The van der Waals surface area contributed by atoms with Gasteiger partial charge in [0.05, 0.1) is 17.0 Å². The molecule has 2 rings (SSSR count). The average Bonchev–Trinajstić information content (AvgIpc) is 2.92. The molecule has 0 atom stereocenters. The van der Waals surface area contributed by atoms with Crippen molar-refractivity contribution in [3.8, 4) is 11.8 Å². The zero-order valence-corrected chi connectivity index (χ0v) is 14.1. The molecule has 24 heavy (non-hydrogen) atoms. The number of thiophene rings is 1. The summed E-state index contributed by atoms with van der Waals surface area (Å²) in [5.41, 5.74) is 0.613. The lowest BCUT2D eigenvalue weighted by atomic mass is 10.1. The van der Waals surface area contributed by atoms with E-state index in [4.69, 9.17) is 0 Å². The SMILES string of the molecule is CCc1sc(C(=O)NCC#Cc2cccc(C(F)(F)F)c2)cc1C. The molecule has 1 aromatic carbocycles. The Hall–Kier alpha value is -2.26. The topological polar surface area (TPSA) is 29.1 Å². The molecule has 126 valence electrons. The van der Waals surface area contributed by atoms with Crippen molar-refractivity contribution in [2.24, 2.45) is 0 Å². The molecule has 1 amide bonds. The molecule has 0 saturated heterocycles. The van der Waals surface area contributed by atoms with Crippen LogP contribution in [0.5, 0.6) is 0 Å². The monoisotopic (exact) mass is 351 g/mol. The predicted octanol–water partition coefficient (Wildman–Crippen LogP) is 4.42. The molecule has 0 bridgehead atoms. The smallest absolute Gasteiger partial charge is 0.340 e. The molecule has 1 heterocycles. The number of alkyl halides is 3. The quantitative estimate of drug-likeness (QED) is 0.815. The third kappa shape index (κ3) is 4.62. The molecule has 0 fully saturated rings. The minimum absolute atomic E-state index is 0.0769. The van der Waals surface area contributed by atoms with Gasteiger partial charge < -0.3 is 5.32 Å². The number of nitrogens with one attached hydrogen (secondary N) is 1. The molecule has 0 spiro atoms. The predicted molar refractivity (Wildman–Crippen MR) is 89.1 cm³/mol. The van der Waals surface area contributed by atoms with Crippen LogP contribution in [0.2, 0.25) is 0 Å². The van der Waals surface area contributed by atoms with Crippen LogP contribution in [-0.2, 0) is 12.6 Å². The highest BCUT2D eigenvalue weighted by Gasteiger charge is 2.30. The summed E-state index contributed by atoms with van der Waals surface area (Å²) >= 11 is 1.44. The number of amides is 1. The highest BCUT2D eigenvalue weighted by molar-refractivity contribution is 7.14. The Morgan fingerprint density at radius 1 is 1.29 bits per heavy atom.